The van der Waals surface area contributed by atoms with Crippen LogP contribution in [0, 0.1) is 0 Å². The van der Waals surface area contributed by atoms with Gasteiger partial charge in [-0.1, -0.05) is 96.1 Å². The van der Waals surface area contributed by atoms with Crippen molar-refractivity contribution in [1.29, 1.82) is 0 Å². The van der Waals surface area contributed by atoms with Gasteiger partial charge in [-0.25, -0.2) is 4.79 Å². The quantitative estimate of drug-likeness (QED) is 0.352. The molecule has 3 aromatic carbocycles. The maximum atomic E-state index is 12.8. The second-order valence-corrected chi connectivity index (χ2v) is 9.54. The van der Waals surface area contributed by atoms with Crippen molar-refractivity contribution in [2.24, 2.45) is 0 Å². The van der Waals surface area contributed by atoms with Gasteiger partial charge in [-0.15, -0.1) is 0 Å². The summed E-state index contributed by atoms with van der Waals surface area (Å²) in [4.78, 5) is 12.8. The Hall–Kier alpha value is -2.87. The fourth-order valence-corrected chi connectivity index (χ4v) is 3.26. The molecule has 0 atom stereocenters. The number of ether oxygens (including phenoxy) is 1. The van der Waals surface area contributed by atoms with Gasteiger partial charge in [0.15, 0.2) is 0 Å². The zero-order valence-electron chi connectivity index (χ0n) is 18.2. The lowest BCUT2D eigenvalue weighted by Gasteiger charge is -2.26. The van der Waals surface area contributed by atoms with Crippen LogP contribution in [-0.4, -0.2) is 5.97 Å². The van der Waals surface area contributed by atoms with Crippen molar-refractivity contribution in [3.8, 4) is 16.9 Å². The smallest absolute Gasteiger partial charge is 0.343 e. The van der Waals surface area contributed by atoms with Crippen LogP contribution in [0.3, 0.4) is 0 Å². The van der Waals surface area contributed by atoms with E-state index in [-0.39, 0.29) is 16.8 Å². The molecule has 0 fully saturated rings. The number of carbonyl (C=O) groups is 1. The molecular weight excluding hydrogens is 356 g/mol. The highest BCUT2D eigenvalue weighted by atomic mass is 16.5. The number of hydrogen-bond acceptors (Lipinski definition) is 2. The molecule has 0 saturated heterocycles. The van der Waals surface area contributed by atoms with Crippen LogP contribution in [0.1, 0.15) is 63.0 Å². The van der Waals surface area contributed by atoms with E-state index in [1.807, 2.05) is 48.5 Å². The standard InChI is InChI=1S/C27H30O2/c1-26(2,3)22-16-17-24(23(18-22)27(4,5)6)29-25(28)21-14-12-20(13-15-21)19-10-8-7-9-11-19/h7-18H,1-6H3. The van der Waals surface area contributed by atoms with Gasteiger partial charge < -0.3 is 4.74 Å². The molecule has 0 N–H and O–H groups in total. The number of rotatable bonds is 3. The van der Waals surface area contributed by atoms with Crippen LogP contribution < -0.4 is 4.74 Å². The highest BCUT2D eigenvalue weighted by Crippen LogP contribution is 2.36. The van der Waals surface area contributed by atoms with Crippen LogP contribution in [0.5, 0.6) is 5.75 Å². The molecule has 0 bridgehead atoms. The number of carbonyl (C=O) groups excluding carboxylic acids is 1. The molecule has 0 aliphatic carbocycles. The minimum absolute atomic E-state index is 0.0375. The van der Waals surface area contributed by atoms with Crippen molar-refractivity contribution >= 4 is 5.97 Å². The lowest BCUT2D eigenvalue weighted by Crippen LogP contribution is -2.19. The average molecular weight is 387 g/mol. The summed E-state index contributed by atoms with van der Waals surface area (Å²) in [6.45, 7) is 13.0. The lowest BCUT2D eigenvalue weighted by atomic mass is 9.80. The van der Waals surface area contributed by atoms with Gasteiger partial charge >= 0.3 is 5.97 Å². The van der Waals surface area contributed by atoms with Gasteiger partial charge in [0, 0.05) is 5.56 Å². The average Bonchev–Trinajstić information content (AvgIpc) is 2.67. The largest absolute Gasteiger partial charge is 0.423 e. The zero-order chi connectivity index (χ0) is 21.2. The van der Waals surface area contributed by atoms with Crippen LogP contribution >= 0.6 is 0 Å². The van der Waals surface area contributed by atoms with Gasteiger partial charge in [-0.2, -0.15) is 0 Å². The Morgan fingerprint density at radius 2 is 1.28 bits per heavy atom. The fraction of sp³-hybridized carbons (Fsp3) is 0.296. The van der Waals surface area contributed by atoms with E-state index >= 15 is 0 Å². The Kier molecular flexibility index (Phi) is 5.66. The summed E-state index contributed by atoms with van der Waals surface area (Å²) in [5.74, 6) is 0.293. The van der Waals surface area contributed by atoms with E-state index in [0.717, 1.165) is 16.7 Å². The third-order valence-electron chi connectivity index (χ3n) is 5.08. The lowest BCUT2D eigenvalue weighted by molar-refractivity contribution is 0.0732. The van der Waals surface area contributed by atoms with Gasteiger partial charge in [0.1, 0.15) is 5.75 Å². The molecule has 150 valence electrons. The molecule has 0 spiro atoms. The van der Waals surface area contributed by atoms with Crippen molar-refractivity contribution in [1.82, 2.24) is 0 Å². The highest BCUT2D eigenvalue weighted by Gasteiger charge is 2.24. The molecule has 3 rings (SSSR count). The summed E-state index contributed by atoms with van der Waals surface area (Å²) in [7, 11) is 0. The number of benzene rings is 3. The van der Waals surface area contributed by atoms with Crippen LogP contribution in [0.4, 0.5) is 0 Å². The normalized spacial score (nSPS) is 11.9. The minimum Gasteiger partial charge on any atom is -0.423 e. The molecule has 0 radical (unpaired) electrons. The van der Waals surface area contributed by atoms with Gasteiger partial charge in [0.2, 0.25) is 0 Å². The second-order valence-electron chi connectivity index (χ2n) is 9.54. The van der Waals surface area contributed by atoms with Crippen molar-refractivity contribution in [2.45, 2.75) is 52.4 Å². The fourth-order valence-electron chi connectivity index (χ4n) is 3.26. The van der Waals surface area contributed by atoms with Gasteiger partial charge in [0.25, 0.3) is 0 Å². The molecule has 0 saturated carbocycles. The summed E-state index contributed by atoms with van der Waals surface area (Å²) < 4.78 is 5.83. The van der Waals surface area contributed by atoms with Crippen LogP contribution in [0.15, 0.2) is 72.8 Å². The summed E-state index contributed by atoms with van der Waals surface area (Å²) >= 11 is 0. The first-order valence-electron chi connectivity index (χ1n) is 10.1. The van der Waals surface area contributed by atoms with E-state index in [2.05, 4.69) is 65.8 Å². The first-order chi connectivity index (χ1) is 13.6. The topological polar surface area (TPSA) is 26.3 Å². The Labute approximate surface area is 174 Å². The Balaban J connectivity index is 1.87. The first-order valence-corrected chi connectivity index (χ1v) is 10.1. The van der Waals surface area contributed by atoms with Crippen molar-refractivity contribution in [3.05, 3.63) is 89.5 Å². The van der Waals surface area contributed by atoms with E-state index in [0.29, 0.717) is 11.3 Å². The maximum Gasteiger partial charge on any atom is 0.343 e. The SMILES string of the molecule is CC(C)(C)c1ccc(OC(=O)c2ccc(-c3ccccc3)cc2)c(C(C)(C)C)c1. The van der Waals surface area contributed by atoms with E-state index in [1.54, 1.807) is 0 Å². The molecule has 0 aromatic heterocycles. The Morgan fingerprint density at radius 1 is 0.690 bits per heavy atom. The summed E-state index contributed by atoms with van der Waals surface area (Å²) in [5, 5.41) is 0. The van der Waals surface area contributed by atoms with Crippen LogP contribution in [-0.2, 0) is 10.8 Å². The Bertz CT molecular complexity index is 985. The molecule has 2 nitrogen and oxygen atoms in total. The zero-order valence-corrected chi connectivity index (χ0v) is 18.2. The molecule has 0 aliphatic heterocycles. The third kappa shape index (κ3) is 4.95. The van der Waals surface area contributed by atoms with Crippen molar-refractivity contribution < 1.29 is 9.53 Å². The molecule has 0 amide bonds. The summed E-state index contributed by atoms with van der Waals surface area (Å²) in [6, 6.07) is 23.8. The third-order valence-corrected chi connectivity index (χ3v) is 5.08. The second kappa shape index (κ2) is 7.87. The highest BCUT2D eigenvalue weighted by molar-refractivity contribution is 5.91. The summed E-state index contributed by atoms with van der Waals surface area (Å²) in [6.07, 6.45) is 0. The number of esters is 1. The molecule has 29 heavy (non-hydrogen) atoms. The van der Waals surface area contributed by atoms with Crippen molar-refractivity contribution in [2.75, 3.05) is 0 Å². The maximum absolute atomic E-state index is 12.8. The monoisotopic (exact) mass is 386 g/mol. The minimum atomic E-state index is -0.335. The molecule has 0 heterocycles. The van der Waals surface area contributed by atoms with Gasteiger partial charge in [-0.05, 0) is 45.7 Å². The molecule has 2 heteroatoms. The number of hydrogen-bond donors (Lipinski definition) is 0. The van der Waals surface area contributed by atoms with E-state index < -0.39 is 0 Å². The van der Waals surface area contributed by atoms with Crippen LogP contribution in [0.25, 0.3) is 11.1 Å². The molecule has 3 aromatic rings. The molecular formula is C27H30O2. The van der Waals surface area contributed by atoms with E-state index in [4.69, 9.17) is 4.74 Å². The predicted octanol–water partition coefficient (Wildman–Crippen LogP) is 7.17. The van der Waals surface area contributed by atoms with E-state index in [1.165, 1.54) is 5.56 Å². The molecule has 0 unspecified atom stereocenters. The predicted molar refractivity (Wildman–Crippen MR) is 121 cm³/mol. The van der Waals surface area contributed by atoms with Crippen molar-refractivity contribution in [3.63, 3.8) is 0 Å². The van der Waals surface area contributed by atoms with E-state index in [9.17, 15) is 4.79 Å². The van der Waals surface area contributed by atoms with Gasteiger partial charge in [-0.3, -0.25) is 0 Å². The first kappa shape index (κ1) is 20.9. The van der Waals surface area contributed by atoms with Gasteiger partial charge in [0.05, 0.1) is 5.56 Å². The molecule has 0 aliphatic rings. The van der Waals surface area contributed by atoms with Crippen LogP contribution in [0.2, 0.25) is 0 Å². The Morgan fingerprint density at radius 3 is 1.83 bits per heavy atom. The summed E-state index contributed by atoms with van der Waals surface area (Å²) in [5.41, 5.74) is 4.93.